The molecule has 80 valence electrons. The summed E-state index contributed by atoms with van der Waals surface area (Å²) in [5.41, 5.74) is 1.06. The third-order valence-corrected chi connectivity index (χ3v) is 2.11. The number of nitriles is 1. The Morgan fingerprint density at radius 1 is 1.40 bits per heavy atom. The lowest BCUT2D eigenvalue weighted by Crippen LogP contribution is -2.01. The highest BCUT2D eigenvalue weighted by atomic mass is 16.5. The van der Waals surface area contributed by atoms with Crippen LogP contribution >= 0.6 is 0 Å². The average molecular weight is 204 g/mol. The van der Waals surface area contributed by atoms with Crippen LogP contribution in [0.5, 0.6) is 5.75 Å². The number of methoxy groups -OCH3 is 1. The molecule has 1 aromatic rings. The van der Waals surface area contributed by atoms with E-state index in [1.165, 1.54) is 0 Å². The minimum absolute atomic E-state index is 0.639. The monoisotopic (exact) mass is 204 g/mol. The molecule has 0 heterocycles. The van der Waals surface area contributed by atoms with Crippen molar-refractivity contribution in [3.05, 3.63) is 24.3 Å². The topological polar surface area (TPSA) is 45.0 Å². The van der Waals surface area contributed by atoms with Crippen LogP contribution < -0.4 is 10.1 Å². The summed E-state index contributed by atoms with van der Waals surface area (Å²) >= 11 is 0. The molecule has 0 spiro atoms. The van der Waals surface area contributed by atoms with Crippen LogP contribution in [-0.2, 0) is 0 Å². The van der Waals surface area contributed by atoms with Gasteiger partial charge in [0.1, 0.15) is 5.75 Å². The molecule has 0 fully saturated rings. The molecule has 0 atom stereocenters. The van der Waals surface area contributed by atoms with Crippen LogP contribution in [0.3, 0.4) is 0 Å². The van der Waals surface area contributed by atoms with Crippen molar-refractivity contribution in [1.29, 1.82) is 5.26 Å². The zero-order chi connectivity index (χ0) is 10.9. The molecule has 0 saturated carbocycles. The Balaban J connectivity index is 2.28. The Morgan fingerprint density at radius 2 is 2.27 bits per heavy atom. The lowest BCUT2D eigenvalue weighted by molar-refractivity contribution is 0.415. The van der Waals surface area contributed by atoms with Gasteiger partial charge in [0.2, 0.25) is 0 Å². The first-order chi connectivity index (χ1) is 7.36. The van der Waals surface area contributed by atoms with Gasteiger partial charge in [-0.25, -0.2) is 0 Å². The number of ether oxygens (including phenoxy) is 1. The fraction of sp³-hybridized carbons (Fsp3) is 0.417. The number of hydrogen-bond acceptors (Lipinski definition) is 3. The van der Waals surface area contributed by atoms with E-state index in [1.807, 2.05) is 24.3 Å². The molecule has 0 unspecified atom stereocenters. The fourth-order valence-electron chi connectivity index (χ4n) is 1.29. The smallest absolute Gasteiger partial charge is 0.120 e. The van der Waals surface area contributed by atoms with Crippen molar-refractivity contribution in [2.45, 2.75) is 19.3 Å². The largest absolute Gasteiger partial charge is 0.497 e. The molecule has 1 rings (SSSR count). The number of nitrogens with zero attached hydrogens (tertiary/aromatic N) is 1. The van der Waals surface area contributed by atoms with Crippen LogP contribution in [0.1, 0.15) is 19.3 Å². The Hall–Kier alpha value is -1.69. The molecule has 0 amide bonds. The van der Waals surface area contributed by atoms with Gasteiger partial charge < -0.3 is 10.1 Å². The van der Waals surface area contributed by atoms with E-state index in [0.717, 1.165) is 30.8 Å². The van der Waals surface area contributed by atoms with Gasteiger partial charge in [0.15, 0.2) is 0 Å². The molecule has 1 aromatic carbocycles. The van der Waals surface area contributed by atoms with Gasteiger partial charge in [0, 0.05) is 24.7 Å². The van der Waals surface area contributed by atoms with Crippen molar-refractivity contribution in [3.63, 3.8) is 0 Å². The highest BCUT2D eigenvalue weighted by Crippen LogP contribution is 2.16. The number of nitrogens with one attached hydrogen (secondary N) is 1. The van der Waals surface area contributed by atoms with Crippen molar-refractivity contribution in [2.24, 2.45) is 0 Å². The predicted octanol–water partition coefficient (Wildman–Crippen LogP) is 2.80. The van der Waals surface area contributed by atoms with Gasteiger partial charge in [-0.2, -0.15) is 5.26 Å². The molecule has 1 N–H and O–H groups in total. The zero-order valence-electron chi connectivity index (χ0n) is 8.99. The lowest BCUT2D eigenvalue weighted by atomic mass is 10.2. The molecular formula is C12H16N2O. The molecule has 0 saturated heterocycles. The zero-order valence-corrected chi connectivity index (χ0v) is 8.99. The maximum atomic E-state index is 8.36. The van der Waals surface area contributed by atoms with Gasteiger partial charge in [0.05, 0.1) is 13.2 Å². The Bertz CT molecular complexity index is 331. The first-order valence-electron chi connectivity index (χ1n) is 5.11. The number of anilines is 1. The number of rotatable bonds is 6. The summed E-state index contributed by atoms with van der Waals surface area (Å²) in [5, 5.41) is 11.7. The van der Waals surface area contributed by atoms with E-state index in [2.05, 4.69) is 11.4 Å². The minimum atomic E-state index is 0.639. The summed E-state index contributed by atoms with van der Waals surface area (Å²) in [6.45, 7) is 0.898. The van der Waals surface area contributed by atoms with Crippen LogP contribution in [-0.4, -0.2) is 13.7 Å². The van der Waals surface area contributed by atoms with Gasteiger partial charge in [-0.05, 0) is 25.0 Å². The van der Waals surface area contributed by atoms with E-state index in [-0.39, 0.29) is 0 Å². The second-order valence-electron chi connectivity index (χ2n) is 3.27. The van der Waals surface area contributed by atoms with E-state index in [0.29, 0.717) is 6.42 Å². The molecule has 3 heteroatoms. The first-order valence-corrected chi connectivity index (χ1v) is 5.11. The van der Waals surface area contributed by atoms with Crippen LogP contribution in [0, 0.1) is 11.3 Å². The molecule has 3 nitrogen and oxygen atoms in total. The molecule has 0 radical (unpaired) electrons. The molecule has 0 aromatic heterocycles. The van der Waals surface area contributed by atoms with Crippen molar-refractivity contribution in [2.75, 3.05) is 19.0 Å². The third-order valence-electron chi connectivity index (χ3n) is 2.11. The van der Waals surface area contributed by atoms with Gasteiger partial charge in [-0.3, -0.25) is 0 Å². The van der Waals surface area contributed by atoms with Gasteiger partial charge >= 0.3 is 0 Å². The van der Waals surface area contributed by atoms with E-state index in [1.54, 1.807) is 7.11 Å². The Morgan fingerprint density at radius 3 is 3.00 bits per heavy atom. The van der Waals surface area contributed by atoms with Crippen molar-refractivity contribution in [3.8, 4) is 11.8 Å². The molecule has 0 aliphatic heterocycles. The lowest BCUT2D eigenvalue weighted by Gasteiger charge is -2.06. The van der Waals surface area contributed by atoms with Crippen LogP contribution in [0.15, 0.2) is 24.3 Å². The summed E-state index contributed by atoms with van der Waals surface area (Å²) in [7, 11) is 1.66. The normalized spacial score (nSPS) is 9.33. The standard InChI is InChI=1S/C12H16N2O/c1-15-12-7-5-6-11(10-12)14-9-4-2-3-8-13/h5-7,10,14H,2-4,9H2,1H3. The summed E-state index contributed by atoms with van der Waals surface area (Å²) < 4.78 is 5.12. The first kappa shape index (κ1) is 11.4. The highest BCUT2D eigenvalue weighted by Gasteiger charge is 1.94. The van der Waals surface area contributed by atoms with Crippen molar-refractivity contribution in [1.82, 2.24) is 0 Å². The second kappa shape index (κ2) is 6.72. The van der Waals surface area contributed by atoms with Gasteiger partial charge in [0.25, 0.3) is 0 Å². The Labute approximate surface area is 90.7 Å². The SMILES string of the molecule is COc1cccc(NCCCCC#N)c1. The summed E-state index contributed by atoms with van der Waals surface area (Å²) in [5.74, 6) is 0.858. The maximum Gasteiger partial charge on any atom is 0.120 e. The fourth-order valence-corrected chi connectivity index (χ4v) is 1.29. The number of benzene rings is 1. The predicted molar refractivity (Wildman–Crippen MR) is 60.9 cm³/mol. The maximum absolute atomic E-state index is 8.36. The molecule has 15 heavy (non-hydrogen) atoms. The van der Waals surface area contributed by atoms with Gasteiger partial charge in [-0.1, -0.05) is 6.07 Å². The van der Waals surface area contributed by atoms with E-state index in [4.69, 9.17) is 10.00 Å². The third kappa shape index (κ3) is 4.37. The Kier molecular flexibility index (Phi) is 5.10. The van der Waals surface area contributed by atoms with Crippen molar-refractivity contribution < 1.29 is 4.74 Å². The average Bonchev–Trinajstić information content (AvgIpc) is 2.29. The molecular weight excluding hydrogens is 188 g/mol. The van der Waals surface area contributed by atoms with Crippen LogP contribution in [0.4, 0.5) is 5.69 Å². The van der Waals surface area contributed by atoms with Gasteiger partial charge in [-0.15, -0.1) is 0 Å². The quantitative estimate of drug-likeness (QED) is 0.725. The van der Waals surface area contributed by atoms with Crippen LogP contribution in [0.2, 0.25) is 0 Å². The summed E-state index contributed by atoms with van der Waals surface area (Å²) in [6.07, 6.45) is 2.61. The molecule has 0 aliphatic carbocycles. The highest BCUT2D eigenvalue weighted by molar-refractivity contribution is 5.47. The van der Waals surface area contributed by atoms with Crippen LogP contribution in [0.25, 0.3) is 0 Å². The molecule has 0 aliphatic rings. The van der Waals surface area contributed by atoms with E-state index < -0.39 is 0 Å². The van der Waals surface area contributed by atoms with E-state index in [9.17, 15) is 0 Å². The van der Waals surface area contributed by atoms with Crippen molar-refractivity contribution >= 4 is 5.69 Å². The van der Waals surface area contributed by atoms with E-state index >= 15 is 0 Å². The summed E-state index contributed by atoms with van der Waals surface area (Å²) in [6, 6.07) is 9.98. The summed E-state index contributed by atoms with van der Waals surface area (Å²) in [4.78, 5) is 0. The second-order valence-corrected chi connectivity index (χ2v) is 3.27. The number of hydrogen-bond donors (Lipinski definition) is 1. The molecule has 0 bridgehead atoms. The minimum Gasteiger partial charge on any atom is -0.497 e. The number of unbranched alkanes of at least 4 members (excludes halogenated alkanes) is 2.